The fourth-order valence-corrected chi connectivity index (χ4v) is 5.17. The summed E-state index contributed by atoms with van der Waals surface area (Å²) in [6, 6.07) is 11.1. The number of thiophene rings is 1. The number of fused-ring (bicyclic) bond motifs is 1. The number of aryl methyl sites for hydroxylation is 2. The number of ether oxygens (including phenoxy) is 1. The molecule has 1 aromatic heterocycles. The summed E-state index contributed by atoms with van der Waals surface area (Å²) in [5.41, 5.74) is 10.3. The van der Waals surface area contributed by atoms with Gasteiger partial charge < -0.3 is 15.8 Å². The molecule has 0 radical (unpaired) electrons. The van der Waals surface area contributed by atoms with E-state index < -0.39 is 0 Å². The van der Waals surface area contributed by atoms with Gasteiger partial charge in [-0.3, -0.25) is 9.89 Å². The molecule has 1 saturated heterocycles. The summed E-state index contributed by atoms with van der Waals surface area (Å²) in [4.78, 5) is 9.89. The number of anilines is 1. The maximum absolute atomic E-state index is 6.30. The molecule has 1 unspecified atom stereocenters. The second-order valence-electron chi connectivity index (χ2n) is 7.61. The minimum Gasteiger partial charge on any atom is -0.379 e. The minimum atomic E-state index is 0. The molecule has 7 heteroatoms. The van der Waals surface area contributed by atoms with Crippen LogP contribution >= 0.6 is 35.3 Å². The maximum Gasteiger partial charge on any atom is 0.193 e. The van der Waals surface area contributed by atoms with Gasteiger partial charge in [-0.15, -0.1) is 35.3 Å². The van der Waals surface area contributed by atoms with E-state index in [2.05, 4.69) is 47.5 Å². The lowest BCUT2D eigenvalue weighted by atomic mass is 9.90. The van der Waals surface area contributed by atoms with Gasteiger partial charge in [0.25, 0.3) is 0 Å². The molecule has 0 bridgehead atoms. The van der Waals surface area contributed by atoms with Crippen LogP contribution in [0, 0.1) is 6.92 Å². The Bertz CT molecular complexity index is 832. The standard InChI is InChI=1S/C22H30N4OS.HI/c1-16-9-10-21(28-16)20(26-11-13-27-14-12-26)15-24-22(23)25-19-8-4-6-17-5-2-3-7-18(17)19;/h4,6,8-10,20H,2-3,5,7,11-15H2,1H3,(H3,23,24,25);1H. The Labute approximate surface area is 194 Å². The molecule has 29 heavy (non-hydrogen) atoms. The average Bonchev–Trinajstić information content (AvgIpc) is 3.15. The van der Waals surface area contributed by atoms with Crippen LogP contribution in [0.4, 0.5) is 5.69 Å². The average molecular weight is 526 g/mol. The molecule has 1 aliphatic carbocycles. The van der Waals surface area contributed by atoms with E-state index in [1.807, 2.05) is 11.3 Å². The summed E-state index contributed by atoms with van der Waals surface area (Å²) < 4.78 is 5.54. The first-order chi connectivity index (χ1) is 13.7. The van der Waals surface area contributed by atoms with Gasteiger partial charge in [0.1, 0.15) is 0 Å². The molecule has 158 valence electrons. The number of hydrogen-bond donors (Lipinski definition) is 2. The first kappa shape index (κ1) is 22.5. The van der Waals surface area contributed by atoms with Crippen molar-refractivity contribution in [3.05, 3.63) is 51.2 Å². The number of morpholine rings is 1. The Hall–Kier alpha value is -1.16. The molecule has 0 spiro atoms. The molecule has 2 aliphatic rings. The van der Waals surface area contributed by atoms with Crippen molar-refractivity contribution in [2.75, 3.05) is 38.2 Å². The number of nitrogens with one attached hydrogen (secondary N) is 1. The van der Waals surface area contributed by atoms with Gasteiger partial charge in [-0.1, -0.05) is 12.1 Å². The van der Waals surface area contributed by atoms with Crippen LogP contribution in [-0.4, -0.2) is 43.7 Å². The normalized spacial score (nSPS) is 18.6. The minimum absolute atomic E-state index is 0. The van der Waals surface area contributed by atoms with Crippen LogP contribution in [0.5, 0.6) is 0 Å². The summed E-state index contributed by atoms with van der Waals surface area (Å²) in [7, 11) is 0. The zero-order valence-corrected chi connectivity index (χ0v) is 20.2. The maximum atomic E-state index is 6.30. The van der Waals surface area contributed by atoms with Gasteiger partial charge in [0.15, 0.2) is 5.96 Å². The van der Waals surface area contributed by atoms with Crippen LogP contribution in [-0.2, 0) is 17.6 Å². The van der Waals surface area contributed by atoms with Crippen molar-refractivity contribution in [3.8, 4) is 0 Å². The third kappa shape index (κ3) is 5.71. The van der Waals surface area contributed by atoms with Crippen molar-refractivity contribution >= 4 is 47.0 Å². The molecule has 0 saturated carbocycles. The van der Waals surface area contributed by atoms with Crippen LogP contribution in [0.25, 0.3) is 0 Å². The number of rotatable bonds is 5. The van der Waals surface area contributed by atoms with Gasteiger partial charge in [0.2, 0.25) is 0 Å². The Morgan fingerprint density at radius 1 is 1.21 bits per heavy atom. The lowest BCUT2D eigenvalue weighted by molar-refractivity contribution is 0.0187. The highest BCUT2D eigenvalue weighted by Crippen LogP contribution is 2.29. The van der Waals surface area contributed by atoms with Crippen molar-refractivity contribution in [2.45, 2.75) is 38.6 Å². The van der Waals surface area contributed by atoms with Crippen molar-refractivity contribution in [1.29, 1.82) is 0 Å². The predicted octanol–water partition coefficient (Wildman–Crippen LogP) is 4.35. The highest BCUT2D eigenvalue weighted by atomic mass is 127. The molecule has 1 aromatic carbocycles. The fourth-order valence-electron chi connectivity index (χ4n) is 4.17. The molecule has 3 N–H and O–H groups in total. The summed E-state index contributed by atoms with van der Waals surface area (Å²) in [6.45, 7) is 6.27. The van der Waals surface area contributed by atoms with Gasteiger partial charge in [-0.25, -0.2) is 0 Å². The molecule has 0 amide bonds. The second kappa shape index (κ2) is 10.7. The van der Waals surface area contributed by atoms with E-state index in [0.29, 0.717) is 12.5 Å². The van der Waals surface area contributed by atoms with Crippen molar-refractivity contribution < 1.29 is 4.74 Å². The molecule has 1 atom stereocenters. The zero-order chi connectivity index (χ0) is 19.3. The van der Waals surface area contributed by atoms with Crippen LogP contribution in [0.1, 0.15) is 39.8 Å². The van der Waals surface area contributed by atoms with E-state index in [1.165, 1.54) is 40.1 Å². The Morgan fingerprint density at radius 2 is 2.00 bits per heavy atom. The molecular formula is C22H31IN4OS. The molecule has 1 fully saturated rings. The lowest BCUT2D eigenvalue weighted by Gasteiger charge is -2.33. The number of guanidine groups is 1. The monoisotopic (exact) mass is 526 g/mol. The van der Waals surface area contributed by atoms with Gasteiger partial charge in [-0.05, 0) is 61.9 Å². The van der Waals surface area contributed by atoms with Crippen molar-refractivity contribution in [3.63, 3.8) is 0 Å². The van der Waals surface area contributed by atoms with Gasteiger partial charge in [0.05, 0.1) is 25.8 Å². The molecule has 1 aliphatic heterocycles. The van der Waals surface area contributed by atoms with Crippen molar-refractivity contribution in [2.24, 2.45) is 10.7 Å². The van der Waals surface area contributed by atoms with Crippen LogP contribution in [0.15, 0.2) is 35.3 Å². The zero-order valence-electron chi connectivity index (χ0n) is 17.0. The third-order valence-electron chi connectivity index (χ3n) is 5.67. The number of halogens is 1. The van der Waals surface area contributed by atoms with Gasteiger partial charge in [0, 0.05) is 28.5 Å². The number of nitrogens with zero attached hydrogens (tertiary/aromatic N) is 2. The van der Waals surface area contributed by atoms with Gasteiger partial charge in [-0.2, -0.15) is 0 Å². The van der Waals surface area contributed by atoms with Crippen molar-refractivity contribution in [1.82, 2.24) is 4.90 Å². The predicted molar refractivity (Wildman–Crippen MR) is 133 cm³/mol. The molecule has 4 rings (SSSR count). The molecule has 2 aromatic rings. The number of nitrogens with two attached hydrogens (primary N) is 1. The Kier molecular flexibility index (Phi) is 8.35. The topological polar surface area (TPSA) is 62.9 Å². The molecule has 2 heterocycles. The van der Waals surface area contributed by atoms with Gasteiger partial charge >= 0.3 is 0 Å². The van der Waals surface area contributed by atoms with E-state index in [-0.39, 0.29) is 30.0 Å². The smallest absolute Gasteiger partial charge is 0.193 e. The largest absolute Gasteiger partial charge is 0.379 e. The third-order valence-corrected chi connectivity index (χ3v) is 6.77. The highest BCUT2D eigenvalue weighted by Gasteiger charge is 2.24. The van der Waals surface area contributed by atoms with E-state index in [0.717, 1.165) is 38.4 Å². The molecular weight excluding hydrogens is 495 g/mol. The first-order valence-electron chi connectivity index (χ1n) is 10.3. The molecule has 5 nitrogen and oxygen atoms in total. The number of hydrogen-bond acceptors (Lipinski definition) is 4. The summed E-state index contributed by atoms with van der Waals surface area (Å²) >= 11 is 1.85. The van der Waals surface area contributed by atoms with Crippen LogP contribution in [0.2, 0.25) is 0 Å². The Morgan fingerprint density at radius 3 is 2.76 bits per heavy atom. The quantitative estimate of drug-likeness (QED) is 0.346. The van der Waals surface area contributed by atoms with Crippen LogP contribution < -0.4 is 11.1 Å². The first-order valence-corrected chi connectivity index (χ1v) is 11.1. The van der Waals surface area contributed by atoms with E-state index >= 15 is 0 Å². The lowest BCUT2D eigenvalue weighted by Crippen LogP contribution is -2.40. The number of aliphatic imine (C=N–C) groups is 1. The van der Waals surface area contributed by atoms with E-state index in [4.69, 9.17) is 15.5 Å². The van der Waals surface area contributed by atoms with Crippen LogP contribution in [0.3, 0.4) is 0 Å². The second-order valence-corrected chi connectivity index (χ2v) is 8.93. The highest BCUT2D eigenvalue weighted by molar-refractivity contribution is 14.0. The van der Waals surface area contributed by atoms with E-state index in [9.17, 15) is 0 Å². The summed E-state index contributed by atoms with van der Waals surface area (Å²) in [5.74, 6) is 0.505. The fraction of sp³-hybridized carbons (Fsp3) is 0.500. The Balaban J connectivity index is 0.00000240. The number of benzene rings is 1. The summed E-state index contributed by atoms with van der Waals surface area (Å²) in [5, 5.41) is 3.37. The van der Waals surface area contributed by atoms with E-state index in [1.54, 1.807) is 0 Å². The summed E-state index contributed by atoms with van der Waals surface area (Å²) in [6.07, 6.45) is 4.82. The SMILES string of the molecule is Cc1ccc(C(CN=C(N)Nc2cccc3c2CCCC3)N2CCOCC2)s1.I.